The number of alkyl halides is 1. The van der Waals surface area contributed by atoms with Crippen LogP contribution in [-0.4, -0.2) is 10.3 Å². The molecule has 1 aromatic carbocycles. The highest BCUT2D eigenvalue weighted by molar-refractivity contribution is 9.09. The third kappa shape index (κ3) is 3.33. The molecule has 0 aromatic heterocycles. The average Bonchev–Trinajstić information content (AvgIpc) is 2.17. The van der Waals surface area contributed by atoms with Gasteiger partial charge in [0.1, 0.15) is 0 Å². The lowest BCUT2D eigenvalue weighted by atomic mass is 10.2. The minimum absolute atomic E-state index is 0.444. The quantitative estimate of drug-likeness (QED) is 0.359. The molecule has 1 rings (SSSR count). The van der Waals surface area contributed by atoms with Crippen LogP contribution >= 0.6 is 15.9 Å². The van der Waals surface area contributed by atoms with Gasteiger partial charge in [0.05, 0.1) is 4.92 Å². The van der Waals surface area contributed by atoms with Crippen molar-refractivity contribution in [3.63, 3.8) is 0 Å². The zero-order valence-corrected chi connectivity index (χ0v) is 9.25. The van der Waals surface area contributed by atoms with Gasteiger partial charge in [0.15, 0.2) is 0 Å². The summed E-state index contributed by atoms with van der Waals surface area (Å²) in [5, 5.41) is 11.1. The van der Waals surface area contributed by atoms with Crippen molar-refractivity contribution < 1.29 is 9.31 Å². The summed E-state index contributed by atoms with van der Waals surface area (Å²) in [5.74, 6) is 4.65. The lowest BCUT2D eigenvalue weighted by Gasteiger charge is -1.94. The number of nitro groups is 1. The van der Waals surface area contributed by atoms with Crippen molar-refractivity contribution in [3.05, 3.63) is 39.7 Å². The van der Waals surface area contributed by atoms with E-state index in [0.717, 1.165) is 17.5 Å². The molecule has 5 heteroatoms. The van der Waals surface area contributed by atoms with Gasteiger partial charge in [0, 0.05) is 23.4 Å². The van der Waals surface area contributed by atoms with Gasteiger partial charge in [0.25, 0.3) is 0 Å². The molecule has 0 saturated carbocycles. The van der Waals surface area contributed by atoms with Gasteiger partial charge in [0.2, 0.25) is 5.82 Å². The third-order valence-corrected chi connectivity index (χ3v) is 1.99. The van der Waals surface area contributed by atoms with Crippen molar-refractivity contribution >= 4 is 21.6 Å². The van der Waals surface area contributed by atoms with E-state index in [1.54, 1.807) is 0 Å². The van der Waals surface area contributed by atoms with Gasteiger partial charge in [-0.2, -0.15) is 4.39 Å². The summed E-state index contributed by atoms with van der Waals surface area (Å²) < 4.78 is 13.1. The second-order valence-corrected chi connectivity index (χ2v) is 3.46. The number of nitrogens with zero attached hydrogens (tertiary/aromatic N) is 1. The van der Waals surface area contributed by atoms with E-state index >= 15 is 0 Å². The molecule has 3 nitrogen and oxygen atoms in total. The molecule has 0 aliphatic heterocycles. The first kappa shape index (κ1) is 11.7. The summed E-state index contributed by atoms with van der Waals surface area (Å²) in [5.41, 5.74) is -0.0832. The maximum atomic E-state index is 13.1. The van der Waals surface area contributed by atoms with Crippen molar-refractivity contribution in [2.45, 2.75) is 6.42 Å². The van der Waals surface area contributed by atoms with Gasteiger partial charge < -0.3 is 0 Å². The fraction of sp³-hybridized carbons (Fsp3) is 0.200. The van der Waals surface area contributed by atoms with E-state index < -0.39 is 16.4 Å². The maximum absolute atomic E-state index is 13.1. The number of nitro benzene ring substituents is 1. The van der Waals surface area contributed by atoms with Crippen LogP contribution in [0.4, 0.5) is 10.1 Å². The number of hydrogen-bond acceptors (Lipinski definition) is 2. The predicted molar refractivity (Wildman–Crippen MR) is 58.3 cm³/mol. The molecule has 15 heavy (non-hydrogen) atoms. The molecule has 0 amide bonds. The molecule has 0 saturated heterocycles. The standard InChI is InChI=1S/C10H7BrFNO2/c11-6-2-1-3-8-4-5-10(13(14)15)9(12)7-8/h4-5,7H,2,6H2. The van der Waals surface area contributed by atoms with Gasteiger partial charge in [-0.3, -0.25) is 10.1 Å². The Labute approximate surface area is 94.6 Å². The molecule has 0 bridgehead atoms. The summed E-state index contributed by atoms with van der Waals surface area (Å²) in [7, 11) is 0. The van der Waals surface area contributed by atoms with Gasteiger partial charge >= 0.3 is 5.69 Å². The Hall–Kier alpha value is -1.41. The second kappa shape index (κ2) is 5.47. The fourth-order valence-electron chi connectivity index (χ4n) is 0.945. The lowest BCUT2D eigenvalue weighted by molar-refractivity contribution is -0.387. The van der Waals surface area contributed by atoms with Crippen LogP contribution < -0.4 is 0 Å². The molecule has 0 aliphatic rings. The van der Waals surface area contributed by atoms with Crippen LogP contribution in [0.5, 0.6) is 0 Å². The van der Waals surface area contributed by atoms with Gasteiger partial charge in [-0.1, -0.05) is 27.8 Å². The van der Waals surface area contributed by atoms with Crippen LogP contribution in [0.1, 0.15) is 12.0 Å². The summed E-state index contributed by atoms with van der Waals surface area (Å²) in [4.78, 5) is 9.56. The van der Waals surface area contributed by atoms with Crippen LogP contribution in [0.15, 0.2) is 18.2 Å². The summed E-state index contributed by atoms with van der Waals surface area (Å²) in [6.07, 6.45) is 0.651. The molecule has 0 heterocycles. The van der Waals surface area contributed by atoms with E-state index in [2.05, 4.69) is 27.8 Å². The molecule has 0 spiro atoms. The van der Waals surface area contributed by atoms with Crippen LogP contribution in [-0.2, 0) is 0 Å². The molecule has 78 valence electrons. The number of hydrogen-bond donors (Lipinski definition) is 0. The van der Waals surface area contributed by atoms with E-state index in [9.17, 15) is 14.5 Å². The van der Waals surface area contributed by atoms with Gasteiger partial charge in [-0.15, -0.1) is 0 Å². The molecule has 0 radical (unpaired) electrons. The maximum Gasteiger partial charge on any atom is 0.304 e. The van der Waals surface area contributed by atoms with Crippen molar-refractivity contribution in [1.29, 1.82) is 0 Å². The SMILES string of the molecule is O=[N+]([O-])c1ccc(C#CCCBr)cc1F. The number of halogens is 2. The fourth-order valence-corrected chi connectivity index (χ4v) is 1.14. The third-order valence-electron chi connectivity index (χ3n) is 1.60. The zero-order valence-electron chi connectivity index (χ0n) is 7.67. The molecular weight excluding hydrogens is 265 g/mol. The minimum atomic E-state index is -0.856. The van der Waals surface area contributed by atoms with Crippen LogP contribution in [0.3, 0.4) is 0 Å². The summed E-state index contributed by atoms with van der Waals surface area (Å²) in [6.45, 7) is 0. The largest absolute Gasteiger partial charge is 0.304 e. The van der Waals surface area contributed by atoms with E-state index in [0.29, 0.717) is 12.0 Å². The zero-order chi connectivity index (χ0) is 11.3. The highest BCUT2D eigenvalue weighted by Gasteiger charge is 2.12. The molecule has 0 fully saturated rings. The van der Waals surface area contributed by atoms with E-state index in [1.165, 1.54) is 6.07 Å². The van der Waals surface area contributed by atoms with Crippen molar-refractivity contribution in [3.8, 4) is 11.8 Å². The summed E-state index contributed by atoms with van der Waals surface area (Å²) in [6, 6.07) is 3.62. The summed E-state index contributed by atoms with van der Waals surface area (Å²) >= 11 is 3.20. The van der Waals surface area contributed by atoms with Crippen LogP contribution in [0, 0.1) is 27.8 Å². The molecule has 0 atom stereocenters. The number of benzene rings is 1. The van der Waals surface area contributed by atoms with Crippen molar-refractivity contribution in [2.24, 2.45) is 0 Å². The second-order valence-electron chi connectivity index (χ2n) is 2.66. The highest BCUT2D eigenvalue weighted by atomic mass is 79.9. The van der Waals surface area contributed by atoms with E-state index in [4.69, 9.17) is 0 Å². The van der Waals surface area contributed by atoms with Crippen molar-refractivity contribution in [1.82, 2.24) is 0 Å². The first-order chi connectivity index (χ1) is 7.15. The Morgan fingerprint density at radius 2 is 2.27 bits per heavy atom. The van der Waals surface area contributed by atoms with Crippen molar-refractivity contribution in [2.75, 3.05) is 5.33 Å². The first-order valence-electron chi connectivity index (χ1n) is 4.14. The Morgan fingerprint density at radius 1 is 1.53 bits per heavy atom. The van der Waals surface area contributed by atoms with E-state index in [1.807, 2.05) is 0 Å². The minimum Gasteiger partial charge on any atom is -0.258 e. The van der Waals surface area contributed by atoms with Gasteiger partial charge in [-0.25, -0.2) is 0 Å². The smallest absolute Gasteiger partial charge is 0.258 e. The lowest BCUT2D eigenvalue weighted by Crippen LogP contribution is -1.92. The number of rotatable bonds is 2. The first-order valence-corrected chi connectivity index (χ1v) is 5.26. The Kier molecular flexibility index (Phi) is 4.25. The predicted octanol–water partition coefficient (Wildman–Crippen LogP) is 2.87. The molecule has 0 N–H and O–H groups in total. The molecular formula is C10H7BrFNO2. The highest BCUT2D eigenvalue weighted by Crippen LogP contribution is 2.17. The molecule has 0 unspecified atom stereocenters. The van der Waals surface area contributed by atoms with E-state index in [-0.39, 0.29) is 0 Å². The van der Waals surface area contributed by atoms with Crippen LogP contribution in [0.2, 0.25) is 0 Å². The average molecular weight is 272 g/mol. The Morgan fingerprint density at radius 3 is 2.80 bits per heavy atom. The van der Waals surface area contributed by atoms with Crippen LogP contribution in [0.25, 0.3) is 0 Å². The monoisotopic (exact) mass is 271 g/mol. The Balaban J connectivity index is 2.93. The topological polar surface area (TPSA) is 43.1 Å². The van der Waals surface area contributed by atoms with Gasteiger partial charge in [-0.05, 0) is 12.1 Å². The Bertz CT molecular complexity index is 437. The molecule has 1 aromatic rings. The normalized spacial score (nSPS) is 9.20. The molecule has 0 aliphatic carbocycles.